The number of pyridine rings is 1. The molecule has 1 aromatic heterocycles. The number of nitriles is 1. The number of aliphatic hydroxyl groups is 1. The van der Waals surface area contributed by atoms with E-state index in [0.29, 0.717) is 13.0 Å². The van der Waals surface area contributed by atoms with Crippen molar-refractivity contribution in [2.45, 2.75) is 29.9 Å². The van der Waals surface area contributed by atoms with E-state index in [2.05, 4.69) is 9.71 Å². The van der Waals surface area contributed by atoms with Crippen LogP contribution in [0.2, 0.25) is 0 Å². The average Bonchev–Trinajstić information content (AvgIpc) is 2.77. The van der Waals surface area contributed by atoms with Crippen molar-refractivity contribution in [2.24, 2.45) is 0 Å². The Bertz CT molecular complexity index is 640. The first-order valence-corrected chi connectivity index (χ1v) is 7.56. The van der Waals surface area contributed by atoms with Gasteiger partial charge in [0.2, 0.25) is 10.0 Å². The minimum absolute atomic E-state index is 0.170. The van der Waals surface area contributed by atoms with E-state index in [0.717, 1.165) is 0 Å². The van der Waals surface area contributed by atoms with Gasteiger partial charge in [0.05, 0.1) is 6.10 Å². The Kier molecular flexibility index (Phi) is 4.06. The molecule has 108 valence electrons. The van der Waals surface area contributed by atoms with Crippen molar-refractivity contribution in [3.63, 3.8) is 0 Å². The molecule has 2 heterocycles. The third-order valence-corrected chi connectivity index (χ3v) is 4.83. The van der Waals surface area contributed by atoms with Gasteiger partial charge in [0.1, 0.15) is 16.6 Å². The van der Waals surface area contributed by atoms with Crippen LogP contribution in [-0.2, 0) is 14.8 Å². The van der Waals surface area contributed by atoms with Crippen LogP contribution in [0.3, 0.4) is 0 Å². The van der Waals surface area contributed by atoms with Gasteiger partial charge >= 0.3 is 0 Å². The van der Waals surface area contributed by atoms with Crippen LogP contribution in [0.1, 0.15) is 19.0 Å². The number of rotatable bonds is 4. The van der Waals surface area contributed by atoms with Gasteiger partial charge in [-0.15, -0.1) is 0 Å². The molecule has 8 heteroatoms. The highest BCUT2D eigenvalue weighted by Gasteiger charge is 2.40. The molecule has 0 aliphatic carbocycles. The summed E-state index contributed by atoms with van der Waals surface area (Å²) < 4.78 is 31.9. The lowest BCUT2D eigenvalue weighted by molar-refractivity contribution is -0.0228. The number of nitrogens with one attached hydrogen (secondary N) is 1. The van der Waals surface area contributed by atoms with Gasteiger partial charge in [0.15, 0.2) is 5.69 Å². The SMILES string of the molecule is CC1OCCC1(O)CNS(=O)(=O)c1cccnc1C#N. The van der Waals surface area contributed by atoms with Crippen molar-refractivity contribution in [2.75, 3.05) is 13.2 Å². The molecule has 2 rings (SSSR count). The second kappa shape index (κ2) is 5.46. The van der Waals surface area contributed by atoms with E-state index in [1.165, 1.54) is 18.3 Å². The molecule has 20 heavy (non-hydrogen) atoms. The minimum atomic E-state index is -3.90. The number of ether oxygens (including phenoxy) is 1. The van der Waals surface area contributed by atoms with Crippen LogP contribution in [0.5, 0.6) is 0 Å². The second-order valence-corrected chi connectivity index (χ2v) is 6.39. The highest BCUT2D eigenvalue weighted by Crippen LogP contribution is 2.25. The summed E-state index contributed by atoms with van der Waals surface area (Å²) in [6.45, 7) is 1.90. The van der Waals surface area contributed by atoms with Gasteiger partial charge in [-0.25, -0.2) is 18.1 Å². The van der Waals surface area contributed by atoms with E-state index in [1.54, 1.807) is 13.0 Å². The lowest BCUT2D eigenvalue weighted by Crippen LogP contribution is -2.47. The Labute approximate surface area is 117 Å². The molecule has 1 aliphatic rings. The summed E-state index contributed by atoms with van der Waals surface area (Å²) in [4.78, 5) is 3.51. The quantitative estimate of drug-likeness (QED) is 0.794. The van der Waals surface area contributed by atoms with Crippen molar-refractivity contribution in [1.29, 1.82) is 5.26 Å². The molecular formula is C12H15N3O4S. The summed E-state index contributed by atoms with van der Waals surface area (Å²) in [6.07, 6.45) is 1.25. The summed E-state index contributed by atoms with van der Waals surface area (Å²) in [7, 11) is -3.90. The largest absolute Gasteiger partial charge is 0.386 e. The highest BCUT2D eigenvalue weighted by atomic mass is 32.2. The lowest BCUT2D eigenvalue weighted by Gasteiger charge is -2.26. The van der Waals surface area contributed by atoms with E-state index >= 15 is 0 Å². The molecule has 0 bridgehead atoms. The zero-order valence-electron chi connectivity index (χ0n) is 10.9. The molecule has 0 radical (unpaired) electrons. The van der Waals surface area contributed by atoms with Crippen LogP contribution in [0.4, 0.5) is 0 Å². The van der Waals surface area contributed by atoms with Gasteiger partial charge in [0.25, 0.3) is 0 Å². The number of aromatic nitrogens is 1. The fourth-order valence-electron chi connectivity index (χ4n) is 1.99. The predicted molar refractivity (Wildman–Crippen MR) is 69.1 cm³/mol. The summed E-state index contributed by atoms with van der Waals surface area (Å²) in [5.74, 6) is 0. The normalized spacial score (nSPS) is 26.4. The molecule has 0 spiro atoms. The van der Waals surface area contributed by atoms with Gasteiger partial charge in [-0.2, -0.15) is 5.26 Å². The number of hydrogen-bond acceptors (Lipinski definition) is 6. The van der Waals surface area contributed by atoms with Gasteiger partial charge in [-0.3, -0.25) is 0 Å². The zero-order valence-corrected chi connectivity index (χ0v) is 11.7. The van der Waals surface area contributed by atoms with Crippen molar-refractivity contribution in [3.05, 3.63) is 24.0 Å². The molecule has 0 aromatic carbocycles. The van der Waals surface area contributed by atoms with E-state index in [4.69, 9.17) is 10.00 Å². The molecule has 2 N–H and O–H groups in total. The number of sulfonamides is 1. The summed E-state index contributed by atoms with van der Waals surface area (Å²) in [5, 5.41) is 19.1. The van der Waals surface area contributed by atoms with Gasteiger partial charge in [-0.05, 0) is 19.1 Å². The Morgan fingerprint density at radius 1 is 1.70 bits per heavy atom. The van der Waals surface area contributed by atoms with E-state index in [-0.39, 0.29) is 17.1 Å². The minimum Gasteiger partial charge on any atom is -0.386 e. The van der Waals surface area contributed by atoms with Crippen LogP contribution in [0.25, 0.3) is 0 Å². The smallest absolute Gasteiger partial charge is 0.243 e. The molecule has 2 atom stereocenters. The van der Waals surface area contributed by atoms with Crippen molar-refractivity contribution >= 4 is 10.0 Å². The molecule has 2 unspecified atom stereocenters. The fourth-order valence-corrected chi connectivity index (χ4v) is 3.20. The molecule has 1 aliphatic heterocycles. The first-order valence-electron chi connectivity index (χ1n) is 6.08. The first kappa shape index (κ1) is 14.9. The van der Waals surface area contributed by atoms with Gasteiger partial charge in [-0.1, -0.05) is 0 Å². The maximum atomic E-state index is 12.2. The molecular weight excluding hydrogens is 282 g/mol. The van der Waals surface area contributed by atoms with Crippen molar-refractivity contribution < 1.29 is 18.3 Å². The average molecular weight is 297 g/mol. The molecule has 1 aromatic rings. The van der Waals surface area contributed by atoms with Crippen LogP contribution in [0, 0.1) is 11.3 Å². The third-order valence-electron chi connectivity index (χ3n) is 3.39. The number of nitrogens with zero attached hydrogens (tertiary/aromatic N) is 2. The summed E-state index contributed by atoms with van der Waals surface area (Å²) in [6, 6.07) is 4.46. The Morgan fingerprint density at radius 3 is 3.05 bits per heavy atom. The topological polar surface area (TPSA) is 112 Å². The molecule has 1 saturated heterocycles. The van der Waals surface area contributed by atoms with Crippen LogP contribution in [0.15, 0.2) is 23.2 Å². The molecule has 0 saturated carbocycles. The highest BCUT2D eigenvalue weighted by molar-refractivity contribution is 7.89. The third kappa shape index (κ3) is 2.81. The van der Waals surface area contributed by atoms with E-state index < -0.39 is 21.7 Å². The predicted octanol–water partition coefficient (Wildman–Crippen LogP) is -0.229. The standard InChI is InChI=1S/C12H15N3O4S/c1-9-12(16,4-6-19-9)8-15-20(17,18)11-3-2-5-14-10(11)7-13/h2-3,5,9,15-16H,4,6,8H2,1H3. The monoisotopic (exact) mass is 297 g/mol. The lowest BCUT2D eigenvalue weighted by atomic mass is 9.97. The van der Waals surface area contributed by atoms with Gasteiger partial charge < -0.3 is 9.84 Å². The van der Waals surface area contributed by atoms with Crippen LogP contribution in [-0.4, -0.2) is 43.4 Å². The summed E-state index contributed by atoms with van der Waals surface area (Å²) in [5.41, 5.74) is -1.41. The molecule has 7 nitrogen and oxygen atoms in total. The molecule has 0 amide bonds. The van der Waals surface area contributed by atoms with Crippen molar-refractivity contribution in [3.8, 4) is 6.07 Å². The summed E-state index contributed by atoms with van der Waals surface area (Å²) >= 11 is 0. The maximum Gasteiger partial charge on any atom is 0.243 e. The second-order valence-electron chi connectivity index (χ2n) is 4.65. The Hall–Kier alpha value is -1.53. The zero-order chi connectivity index (χ0) is 14.8. The van der Waals surface area contributed by atoms with Crippen LogP contribution >= 0.6 is 0 Å². The first-order chi connectivity index (χ1) is 9.39. The fraction of sp³-hybridized carbons (Fsp3) is 0.500. The van der Waals surface area contributed by atoms with Crippen molar-refractivity contribution in [1.82, 2.24) is 9.71 Å². The number of hydrogen-bond donors (Lipinski definition) is 2. The molecule has 1 fully saturated rings. The van der Waals surface area contributed by atoms with E-state index in [1.807, 2.05) is 0 Å². The van der Waals surface area contributed by atoms with Gasteiger partial charge in [0, 0.05) is 25.8 Å². The Morgan fingerprint density at radius 2 is 2.45 bits per heavy atom. The van der Waals surface area contributed by atoms with E-state index in [9.17, 15) is 13.5 Å². The maximum absolute atomic E-state index is 12.2. The Balaban J connectivity index is 2.18. The van der Waals surface area contributed by atoms with Crippen LogP contribution < -0.4 is 4.72 Å².